The van der Waals surface area contributed by atoms with Crippen molar-refractivity contribution in [2.75, 3.05) is 11.9 Å². The van der Waals surface area contributed by atoms with Gasteiger partial charge in [0.05, 0.1) is 16.3 Å². The zero-order chi connectivity index (χ0) is 17.5. The summed E-state index contributed by atoms with van der Waals surface area (Å²) in [4.78, 5) is 12.5. The largest absolute Gasteiger partial charge is 0.490 e. The summed E-state index contributed by atoms with van der Waals surface area (Å²) in [5, 5.41) is 2.86. The number of carbonyl (C=O) groups excluding carboxylic acids is 1. The minimum atomic E-state index is -0.221. The molecule has 0 saturated heterocycles. The number of benzene rings is 2. The smallest absolute Gasteiger partial charge is 0.255 e. The molecule has 1 amide bonds. The lowest BCUT2D eigenvalue weighted by molar-refractivity contribution is 0.102. The number of rotatable bonds is 7. The van der Waals surface area contributed by atoms with E-state index in [9.17, 15) is 4.79 Å². The van der Waals surface area contributed by atoms with Gasteiger partial charge in [-0.3, -0.25) is 4.79 Å². The van der Waals surface area contributed by atoms with Crippen molar-refractivity contribution in [3.63, 3.8) is 0 Å². The minimum Gasteiger partial charge on any atom is -0.490 e. The second-order valence-corrected chi connectivity index (χ2v) is 6.22. The number of hydrogen-bond donors (Lipinski definition) is 1. The predicted octanol–water partition coefficient (Wildman–Crippen LogP) is 5.05. The first kappa shape index (κ1) is 18.1. The van der Waals surface area contributed by atoms with E-state index in [1.807, 2.05) is 26.0 Å². The molecule has 1 N–H and O–H groups in total. The highest BCUT2D eigenvalue weighted by molar-refractivity contribution is 9.10. The quantitative estimate of drug-likeness (QED) is 0.673. The van der Waals surface area contributed by atoms with E-state index in [1.165, 1.54) is 0 Å². The number of nitrogens with one attached hydrogen (secondary N) is 1. The van der Waals surface area contributed by atoms with Crippen molar-refractivity contribution in [2.45, 2.75) is 20.0 Å². The molecule has 2 rings (SSSR count). The van der Waals surface area contributed by atoms with Crippen molar-refractivity contribution in [3.05, 3.63) is 65.2 Å². The van der Waals surface area contributed by atoms with Crippen LogP contribution in [0.5, 0.6) is 11.5 Å². The summed E-state index contributed by atoms with van der Waals surface area (Å²) in [6.07, 6.45) is 1.72. The van der Waals surface area contributed by atoms with Gasteiger partial charge in [-0.15, -0.1) is 0 Å². The van der Waals surface area contributed by atoms with E-state index in [0.29, 0.717) is 29.4 Å². The number of ether oxygens (including phenoxy) is 2. The van der Waals surface area contributed by atoms with E-state index < -0.39 is 0 Å². The topological polar surface area (TPSA) is 47.6 Å². The summed E-state index contributed by atoms with van der Waals surface area (Å²) in [5.74, 6) is 1.09. The number of carbonyl (C=O) groups is 1. The first-order chi connectivity index (χ1) is 11.5. The number of amides is 1. The molecular formula is C19H20BrNO3. The van der Waals surface area contributed by atoms with Crippen LogP contribution in [0.3, 0.4) is 0 Å². The second-order valence-electron chi connectivity index (χ2n) is 5.36. The Morgan fingerprint density at radius 3 is 2.67 bits per heavy atom. The van der Waals surface area contributed by atoms with E-state index in [2.05, 4.69) is 27.8 Å². The van der Waals surface area contributed by atoms with E-state index in [1.54, 1.807) is 36.4 Å². The molecule has 126 valence electrons. The van der Waals surface area contributed by atoms with Gasteiger partial charge in [0.25, 0.3) is 5.91 Å². The number of para-hydroxylation sites is 2. The second kappa shape index (κ2) is 8.55. The van der Waals surface area contributed by atoms with Crippen LogP contribution in [0.1, 0.15) is 24.2 Å². The molecule has 2 aromatic carbocycles. The Bertz CT molecular complexity index is 728. The van der Waals surface area contributed by atoms with Crippen molar-refractivity contribution in [2.24, 2.45) is 0 Å². The van der Waals surface area contributed by atoms with Crippen molar-refractivity contribution in [1.29, 1.82) is 0 Å². The molecule has 0 aliphatic heterocycles. The zero-order valence-corrected chi connectivity index (χ0v) is 15.3. The van der Waals surface area contributed by atoms with Crippen molar-refractivity contribution in [3.8, 4) is 11.5 Å². The molecule has 0 unspecified atom stereocenters. The lowest BCUT2D eigenvalue weighted by atomic mass is 10.2. The Labute approximate surface area is 150 Å². The van der Waals surface area contributed by atoms with Gasteiger partial charge >= 0.3 is 0 Å². The number of halogens is 1. The van der Waals surface area contributed by atoms with Gasteiger partial charge in [0.2, 0.25) is 0 Å². The Hall–Kier alpha value is -2.27. The lowest BCUT2D eigenvalue weighted by Gasteiger charge is -2.14. The van der Waals surface area contributed by atoms with Gasteiger partial charge in [-0.25, -0.2) is 0 Å². The Morgan fingerprint density at radius 1 is 1.25 bits per heavy atom. The van der Waals surface area contributed by atoms with Gasteiger partial charge in [0.15, 0.2) is 0 Å². The van der Waals surface area contributed by atoms with Crippen LogP contribution in [0.15, 0.2) is 59.6 Å². The Morgan fingerprint density at radius 2 is 2.00 bits per heavy atom. The first-order valence-corrected chi connectivity index (χ1v) is 8.41. The average molecular weight is 390 g/mol. The fourth-order valence-corrected chi connectivity index (χ4v) is 2.50. The summed E-state index contributed by atoms with van der Waals surface area (Å²) < 4.78 is 11.9. The highest BCUT2D eigenvalue weighted by Crippen LogP contribution is 2.28. The SMILES string of the molecule is C=CCOc1ccccc1NC(=O)c1ccc(OC(C)C)c(Br)c1. The van der Waals surface area contributed by atoms with Crippen molar-refractivity contribution >= 4 is 27.5 Å². The van der Waals surface area contributed by atoms with Crippen LogP contribution in [0.2, 0.25) is 0 Å². The standard InChI is InChI=1S/C19H20BrNO3/c1-4-11-23-18-8-6-5-7-16(18)21-19(22)14-9-10-17(15(20)12-14)24-13(2)3/h4-10,12-13H,1,11H2,2-3H3,(H,21,22). The lowest BCUT2D eigenvalue weighted by Crippen LogP contribution is -2.13. The Balaban J connectivity index is 2.15. The maximum atomic E-state index is 12.5. The van der Waals surface area contributed by atoms with E-state index in [-0.39, 0.29) is 12.0 Å². The van der Waals surface area contributed by atoms with Crippen LogP contribution in [-0.4, -0.2) is 18.6 Å². The molecule has 24 heavy (non-hydrogen) atoms. The van der Waals surface area contributed by atoms with E-state index >= 15 is 0 Å². The van der Waals surface area contributed by atoms with E-state index in [0.717, 1.165) is 4.47 Å². The van der Waals surface area contributed by atoms with Gasteiger partial charge < -0.3 is 14.8 Å². The monoisotopic (exact) mass is 389 g/mol. The zero-order valence-electron chi connectivity index (χ0n) is 13.7. The fourth-order valence-electron chi connectivity index (χ4n) is 2.03. The summed E-state index contributed by atoms with van der Waals surface area (Å²) in [5.41, 5.74) is 1.14. The molecule has 5 heteroatoms. The van der Waals surface area contributed by atoms with Crippen LogP contribution in [-0.2, 0) is 0 Å². The molecule has 4 nitrogen and oxygen atoms in total. The normalized spacial score (nSPS) is 10.3. The summed E-state index contributed by atoms with van der Waals surface area (Å²) in [6.45, 7) is 7.90. The van der Waals surface area contributed by atoms with Gasteiger partial charge in [-0.05, 0) is 60.1 Å². The van der Waals surface area contributed by atoms with Crippen LogP contribution in [0.4, 0.5) is 5.69 Å². The molecule has 0 fully saturated rings. The molecule has 2 aromatic rings. The predicted molar refractivity (Wildman–Crippen MR) is 100.0 cm³/mol. The van der Waals surface area contributed by atoms with Gasteiger partial charge in [-0.2, -0.15) is 0 Å². The van der Waals surface area contributed by atoms with Crippen LogP contribution >= 0.6 is 15.9 Å². The molecule has 0 radical (unpaired) electrons. The molecule has 0 spiro atoms. The van der Waals surface area contributed by atoms with Crippen LogP contribution in [0.25, 0.3) is 0 Å². The maximum absolute atomic E-state index is 12.5. The third-order valence-corrected chi connectivity index (χ3v) is 3.67. The first-order valence-electron chi connectivity index (χ1n) is 7.61. The van der Waals surface area contributed by atoms with Gasteiger partial charge in [0, 0.05) is 5.56 Å². The molecule has 0 aromatic heterocycles. The highest BCUT2D eigenvalue weighted by Gasteiger charge is 2.12. The molecule has 0 saturated carbocycles. The van der Waals surface area contributed by atoms with Crippen LogP contribution < -0.4 is 14.8 Å². The molecule has 0 aliphatic carbocycles. The van der Waals surface area contributed by atoms with Gasteiger partial charge in [-0.1, -0.05) is 24.8 Å². The van der Waals surface area contributed by atoms with Gasteiger partial charge in [0.1, 0.15) is 18.1 Å². The van der Waals surface area contributed by atoms with Crippen molar-refractivity contribution < 1.29 is 14.3 Å². The third-order valence-electron chi connectivity index (χ3n) is 3.05. The summed E-state index contributed by atoms with van der Waals surface area (Å²) in [6, 6.07) is 12.5. The Kier molecular flexibility index (Phi) is 6.44. The molecule has 0 bridgehead atoms. The maximum Gasteiger partial charge on any atom is 0.255 e. The highest BCUT2D eigenvalue weighted by atomic mass is 79.9. The number of hydrogen-bond acceptors (Lipinski definition) is 3. The molecule has 0 heterocycles. The molecular weight excluding hydrogens is 370 g/mol. The van der Waals surface area contributed by atoms with Crippen LogP contribution in [0, 0.1) is 0 Å². The van der Waals surface area contributed by atoms with E-state index in [4.69, 9.17) is 9.47 Å². The summed E-state index contributed by atoms with van der Waals surface area (Å²) in [7, 11) is 0. The number of anilines is 1. The molecule has 0 aliphatic rings. The minimum absolute atomic E-state index is 0.0647. The average Bonchev–Trinajstić information content (AvgIpc) is 2.55. The molecule has 0 atom stereocenters. The third kappa shape index (κ3) is 4.86. The van der Waals surface area contributed by atoms with Crippen molar-refractivity contribution in [1.82, 2.24) is 0 Å². The summed E-state index contributed by atoms with van der Waals surface area (Å²) >= 11 is 3.44. The fraction of sp³-hybridized carbons (Fsp3) is 0.211.